The third-order valence-electron chi connectivity index (χ3n) is 5.81. The van der Waals surface area contributed by atoms with E-state index < -0.39 is 0 Å². The van der Waals surface area contributed by atoms with E-state index in [9.17, 15) is 9.59 Å². The lowest BCUT2D eigenvalue weighted by atomic mass is 10.1. The predicted molar refractivity (Wildman–Crippen MR) is 112 cm³/mol. The topological polar surface area (TPSA) is 76.5 Å². The third-order valence-corrected chi connectivity index (χ3v) is 5.81. The van der Waals surface area contributed by atoms with E-state index in [0.29, 0.717) is 43.1 Å². The number of amides is 2. The average Bonchev–Trinajstić information content (AvgIpc) is 3.42. The van der Waals surface area contributed by atoms with Crippen LogP contribution in [0.3, 0.4) is 0 Å². The van der Waals surface area contributed by atoms with Crippen LogP contribution in [0.2, 0.25) is 0 Å². The number of carbonyl (C=O) groups is 2. The molecule has 0 radical (unpaired) electrons. The van der Waals surface area contributed by atoms with Crippen LogP contribution in [0.4, 0.5) is 0 Å². The third kappa shape index (κ3) is 3.57. The monoisotopic (exact) mass is 404 g/mol. The number of nitrogens with zero attached hydrogens (tertiary/aromatic N) is 3. The minimum Gasteiger partial charge on any atom is -0.376 e. The molecule has 0 spiro atoms. The smallest absolute Gasteiger partial charge is 0.290 e. The summed E-state index contributed by atoms with van der Waals surface area (Å²) in [4.78, 5) is 31.9. The molecule has 0 bridgehead atoms. The maximum absolute atomic E-state index is 13.0. The molecule has 30 heavy (non-hydrogen) atoms. The molecule has 0 saturated carbocycles. The van der Waals surface area contributed by atoms with Crippen molar-refractivity contribution in [2.45, 2.75) is 32.0 Å². The van der Waals surface area contributed by atoms with Gasteiger partial charge < -0.3 is 19.5 Å². The zero-order chi connectivity index (χ0) is 20.5. The van der Waals surface area contributed by atoms with Gasteiger partial charge in [-0.1, -0.05) is 30.3 Å². The number of fused-ring (bicyclic) bond motifs is 3. The number of imidazole rings is 1. The Morgan fingerprint density at radius 1 is 1.17 bits per heavy atom. The standard InChI is InChI=1S/C23H24N4O3/c28-22(24-14-18-7-4-12-30-18)17-8-9-20-19(13-17)25-21-23(29)26(10-11-27(20)21)15-16-5-2-1-3-6-16/h1-3,5-6,8-9,13,18H,4,7,10-12,14-15H2,(H,24,28). The highest BCUT2D eigenvalue weighted by Crippen LogP contribution is 2.23. The lowest BCUT2D eigenvalue weighted by Crippen LogP contribution is -2.39. The van der Waals surface area contributed by atoms with Gasteiger partial charge in [-0.25, -0.2) is 4.98 Å². The molecule has 1 saturated heterocycles. The molecule has 0 aliphatic carbocycles. The number of rotatable bonds is 5. The van der Waals surface area contributed by atoms with Gasteiger partial charge in [-0.15, -0.1) is 0 Å². The summed E-state index contributed by atoms with van der Waals surface area (Å²) in [6.45, 7) is 3.18. The molecule has 3 heterocycles. The van der Waals surface area contributed by atoms with Gasteiger partial charge in [0.25, 0.3) is 11.8 Å². The van der Waals surface area contributed by atoms with Gasteiger partial charge in [-0.3, -0.25) is 9.59 Å². The lowest BCUT2D eigenvalue weighted by molar-refractivity contribution is 0.0685. The van der Waals surface area contributed by atoms with Crippen LogP contribution in [0.25, 0.3) is 11.0 Å². The number of aromatic nitrogens is 2. The summed E-state index contributed by atoms with van der Waals surface area (Å²) >= 11 is 0. The fourth-order valence-corrected chi connectivity index (χ4v) is 4.19. The molecule has 2 aliphatic heterocycles. The molecule has 7 heteroatoms. The van der Waals surface area contributed by atoms with Crippen LogP contribution in [-0.2, 0) is 17.8 Å². The number of ether oxygens (including phenoxy) is 1. The summed E-state index contributed by atoms with van der Waals surface area (Å²) in [5.74, 6) is 0.213. The van der Waals surface area contributed by atoms with Crippen LogP contribution in [0, 0.1) is 0 Å². The Morgan fingerprint density at radius 3 is 2.83 bits per heavy atom. The van der Waals surface area contributed by atoms with Crippen molar-refractivity contribution in [3.63, 3.8) is 0 Å². The highest BCUT2D eigenvalue weighted by molar-refractivity contribution is 6.00. The van der Waals surface area contributed by atoms with E-state index in [-0.39, 0.29) is 17.9 Å². The highest BCUT2D eigenvalue weighted by Gasteiger charge is 2.28. The molecule has 5 rings (SSSR count). The van der Waals surface area contributed by atoms with Gasteiger partial charge in [0.15, 0.2) is 5.82 Å². The van der Waals surface area contributed by atoms with Crippen molar-refractivity contribution >= 4 is 22.8 Å². The average molecular weight is 404 g/mol. The van der Waals surface area contributed by atoms with Gasteiger partial charge in [0, 0.05) is 38.3 Å². The van der Waals surface area contributed by atoms with E-state index in [2.05, 4.69) is 10.3 Å². The molecule has 1 aromatic heterocycles. The van der Waals surface area contributed by atoms with Crippen molar-refractivity contribution in [2.75, 3.05) is 19.7 Å². The van der Waals surface area contributed by atoms with Gasteiger partial charge in [0.05, 0.1) is 17.1 Å². The van der Waals surface area contributed by atoms with Crippen LogP contribution in [-0.4, -0.2) is 52.1 Å². The first-order chi connectivity index (χ1) is 14.7. The SMILES string of the molecule is O=C(NCC1CCCO1)c1ccc2c(c1)nc1n2CCN(Cc2ccccc2)C1=O. The van der Waals surface area contributed by atoms with Gasteiger partial charge in [0.1, 0.15) is 0 Å². The van der Waals surface area contributed by atoms with Crippen molar-refractivity contribution in [3.05, 3.63) is 65.5 Å². The largest absolute Gasteiger partial charge is 0.376 e. The molecule has 2 aromatic carbocycles. The molecular weight excluding hydrogens is 380 g/mol. The van der Waals surface area contributed by atoms with E-state index in [4.69, 9.17) is 4.74 Å². The van der Waals surface area contributed by atoms with Gasteiger partial charge >= 0.3 is 0 Å². The number of hydrogen-bond donors (Lipinski definition) is 1. The van der Waals surface area contributed by atoms with E-state index in [0.717, 1.165) is 30.5 Å². The first-order valence-corrected chi connectivity index (χ1v) is 10.4. The number of nitrogens with one attached hydrogen (secondary N) is 1. The van der Waals surface area contributed by atoms with E-state index in [1.54, 1.807) is 12.1 Å². The first-order valence-electron chi connectivity index (χ1n) is 10.4. The maximum atomic E-state index is 13.0. The Bertz CT molecular complexity index is 1090. The Hall–Kier alpha value is -3.19. The summed E-state index contributed by atoms with van der Waals surface area (Å²) in [5, 5.41) is 2.94. The fourth-order valence-electron chi connectivity index (χ4n) is 4.19. The van der Waals surface area contributed by atoms with Gasteiger partial charge in [0.2, 0.25) is 0 Å². The maximum Gasteiger partial charge on any atom is 0.290 e. The molecule has 1 unspecified atom stereocenters. The predicted octanol–water partition coefficient (Wildman–Crippen LogP) is 2.60. The van der Waals surface area contributed by atoms with Crippen molar-refractivity contribution in [3.8, 4) is 0 Å². The van der Waals surface area contributed by atoms with Crippen LogP contribution < -0.4 is 5.32 Å². The molecule has 3 aromatic rings. The second-order valence-electron chi connectivity index (χ2n) is 7.85. The second kappa shape index (κ2) is 7.91. The van der Waals surface area contributed by atoms with Crippen LogP contribution >= 0.6 is 0 Å². The molecular formula is C23H24N4O3. The first kappa shape index (κ1) is 18.8. The zero-order valence-electron chi connectivity index (χ0n) is 16.7. The van der Waals surface area contributed by atoms with E-state index >= 15 is 0 Å². The minimum atomic E-state index is -0.143. The summed E-state index contributed by atoms with van der Waals surface area (Å²) in [6, 6.07) is 15.4. The zero-order valence-corrected chi connectivity index (χ0v) is 16.7. The lowest BCUT2D eigenvalue weighted by Gasteiger charge is -2.27. The molecule has 1 atom stereocenters. The Morgan fingerprint density at radius 2 is 2.03 bits per heavy atom. The summed E-state index contributed by atoms with van der Waals surface area (Å²) < 4.78 is 7.51. The summed E-state index contributed by atoms with van der Waals surface area (Å²) in [5.41, 5.74) is 3.20. The summed E-state index contributed by atoms with van der Waals surface area (Å²) in [6.07, 6.45) is 2.13. The second-order valence-corrected chi connectivity index (χ2v) is 7.85. The van der Waals surface area contributed by atoms with Gasteiger partial charge in [-0.2, -0.15) is 0 Å². The summed E-state index contributed by atoms with van der Waals surface area (Å²) in [7, 11) is 0. The van der Waals surface area contributed by atoms with Crippen molar-refractivity contribution in [1.82, 2.24) is 19.8 Å². The Balaban J connectivity index is 1.34. The van der Waals surface area contributed by atoms with Crippen molar-refractivity contribution in [2.24, 2.45) is 0 Å². The normalized spacial score (nSPS) is 18.6. The number of benzene rings is 2. The van der Waals surface area contributed by atoms with E-state index in [1.807, 2.05) is 45.9 Å². The molecule has 2 aliphatic rings. The Labute approximate surface area is 174 Å². The van der Waals surface area contributed by atoms with Crippen molar-refractivity contribution in [1.29, 1.82) is 0 Å². The molecule has 1 fully saturated rings. The Kier molecular flexibility index (Phi) is 4.96. The molecule has 2 amide bonds. The minimum absolute atomic E-state index is 0.0781. The number of hydrogen-bond acceptors (Lipinski definition) is 4. The molecule has 7 nitrogen and oxygen atoms in total. The quantitative estimate of drug-likeness (QED) is 0.709. The van der Waals surface area contributed by atoms with Crippen LogP contribution in [0.15, 0.2) is 48.5 Å². The number of carbonyl (C=O) groups excluding carboxylic acids is 2. The van der Waals surface area contributed by atoms with Crippen molar-refractivity contribution < 1.29 is 14.3 Å². The van der Waals surface area contributed by atoms with Crippen LogP contribution in [0.1, 0.15) is 39.4 Å². The highest BCUT2D eigenvalue weighted by atomic mass is 16.5. The van der Waals surface area contributed by atoms with E-state index in [1.165, 1.54) is 0 Å². The van der Waals surface area contributed by atoms with Crippen LogP contribution in [0.5, 0.6) is 0 Å². The van der Waals surface area contributed by atoms with Gasteiger partial charge in [-0.05, 0) is 36.6 Å². The molecule has 154 valence electrons. The fraction of sp³-hybridized carbons (Fsp3) is 0.348. The molecule has 1 N–H and O–H groups in total.